The normalized spacial score (nSPS) is 10.1. The van der Waals surface area contributed by atoms with Gasteiger partial charge < -0.3 is 19.3 Å². The van der Waals surface area contributed by atoms with Crippen LogP contribution >= 0.6 is 0 Å². The molecule has 1 rings (SSSR count). The molecule has 154 valence electrons. The molecule has 0 bridgehead atoms. The maximum Gasteiger partial charge on any atom is 0.357 e. The van der Waals surface area contributed by atoms with E-state index in [0.29, 0.717) is 26.2 Å². The average molecular weight is 393 g/mol. The summed E-state index contributed by atoms with van der Waals surface area (Å²) in [7, 11) is 0. The number of nitrogens with zero attached hydrogens (tertiary/aromatic N) is 3. The third-order valence-corrected chi connectivity index (χ3v) is 4.05. The molecule has 0 radical (unpaired) electrons. The van der Waals surface area contributed by atoms with Crippen molar-refractivity contribution in [3.8, 4) is 0 Å². The number of hydrogen-bond donors (Lipinski definition) is 0. The van der Waals surface area contributed by atoms with Gasteiger partial charge >= 0.3 is 11.9 Å². The van der Waals surface area contributed by atoms with E-state index in [9.17, 15) is 19.2 Å². The van der Waals surface area contributed by atoms with Crippen LogP contribution in [0.5, 0.6) is 0 Å². The highest BCUT2D eigenvalue weighted by Gasteiger charge is 2.18. The Morgan fingerprint density at radius 2 is 1.11 bits per heavy atom. The molecular weight excluding hydrogens is 366 g/mol. The Labute approximate surface area is 164 Å². The van der Waals surface area contributed by atoms with Crippen molar-refractivity contribution in [2.24, 2.45) is 0 Å². The van der Waals surface area contributed by atoms with E-state index in [1.165, 1.54) is 28.0 Å². The van der Waals surface area contributed by atoms with E-state index in [1.54, 1.807) is 0 Å². The summed E-state index contributed by atoms with van der Waals surface area (Å²) in [6.07, 6.45) is 0. The molecule has 0 N–H and O–H groups in total. The van der Waals surface area contributed by atoms with Crippen LogP contribution in [0.2, 0.25) is 0 Å². The van der Waals surface area contributed by atoms with E-state index in [0.717, 1.165) is 0 Å². The first-order valence-electron chi connectivity index (χ1n) is 9.24. The lowest BCUT2D eigenvalue weighted by atomic mass is 10.3. The van der Waals surface area contributed by atoms with Gasteiger partial charge in [-0.05, 0) is 39.8 Å². The number of likely N-dealkylation sites (N-methyl/N-ethyl adjacent to an activating group) is 2. The van der Waals surface area contributed by atoms with Crippen molar-refractivity contribution in [3.63, 3.8) is 0 Å². The molecule has 0 aliphatic carbocycles. The van der Waals surface area contributed by atoms with Crippen LogP contribution in [-0.4, -0.2) is 77.9 Å². The van der Waals surface area contributed by atoms with E-state index in [4.69, 9.17) is 9.47 Å². The van der Waals surface area contributed by atoms with Gasteiger partial charge in [0, 0.05) is 26.2 Å². The number of esters is 2. The molecule has 0 aliphatic heterocycles. The molecule has 1 heterocycles. The largest absolute Gasteiger partial charge is 0.451 e. The highest BCUT2D eigenvalue weighted by Crippen LogP contribution is 2.05. The zero-order chi connectivity index (χ0) is 21.1. The van der Waals surface area contributed by atoms with Gasteiger partial charge in [0.25, 0.3) is 11.8 Å². The lowest BCUT2D eigenvalue weighted by molar-refractivity contribution is -0.134. The second-order valence-electron chi connectivity index (χ2n) is 5.69. The van der Waals surface area contributed by atoms with E-state index >= 15 is 0 Å². The van der Waals surface area contributed by atoms with Crippen molar-refractivity contribution in [2.45, 2.75) is 27.7 Å². The zero-order valence-corrected chi connectivity index (χ0v) is 16.8. The predicted octanol–water partition coefficient (Wildman–Crippen LogP) is 1.13. The number of carbonyl (C=O) groups excluding carboxylic acids is 4. The van der Waals surface area contributed by atoms with Crippen LogP contribution in [0.4, 0.5) is 0 Å². The Morgan fingerprint density at radius 1 is 0.750 bits per heavy atom. The fourth-order valence-electron chi connectivity index (χ4n) is 2.40. The number of amides is 2. The number of hydrogen-bond acceptors (Lipinski definition) is 7. The molecule has 0 aromatic carbocycles. The van der Waals surface area contributed by atoms with Crippen LogP contribution in [0.25, 0.3) is 0 Å². The molecule has 0 saturated carbocycles. The summed E-state index contributed by atoms with van der Waals surface area (Å²) in [4.78, 5) is 54.9. The summed E-state index contributed by atoms with van der Waals surface area (Å²) in [6.45, 7) is 8.53. The molecule has 9 heteroatoms. The van der Waals surface area contributed by atoms with Gasteiger partial charge in [-0.25, -0.2) is 14.6 Å². The summed E-state index contributed by atoms with van der Waals surface area (Å²) in [5, 5.41) is 0. The van der Waals surface area contributed by atoms with Crippen LogP contribution in [0, 0.1) is 0 Å². The topological polar surface area (TPSA) is 106 Å². The van der Waals surface area contributed by atoms with Crippen molar-refractivity contribution in [3.05, 3.63) is 29.6 Å². The maximum absolute atomic E-state index is 12.1. The molecule has 0 saturated heterocycles. The quantitative estimate of drug-likeness (QED) is 0.549. The fourth-order valence-corrected chi connectivity index (χ4v) is 2.40. The molecule has 0 aliphatic rings. The van der Waals surface area contributed by atoms with Crippen molar-refractivity contribution < 1.29 is 28.7 Å². The van der Waals surface area contributed by atoms with E-state index in [-0.39, 0.29) is 23.2 Å². The van der Waals surface area contributed by atoms with Gasteiger partial charge in [-0.2, -0.15) is 0 Å². The minimum atomic E-state index is -0.825. The third-order valence-electron chi connectivity index (χ3n) is 4.05. The van der Waals surface area contributed by atoms with Crippen LogP contribution in [0.1, 0.15) is 48.7 Å². The maximum atomic E-state index is 12.1. The average Bonchev–Trinajstić information content (AvgIpc) is 2.72. The Morgan fingerprint density at radius 3 is 1.43 bits per heavy atom. The van der Waals surface area contributed by atoms with Gasteiger partial charge in [0.1, 0.15) is 11.4 Å². The first-order chi connectivity index (χ1) is 13.4. The number of ether oxygens (including phenoxy) is 2. The summed E-state index contributed by atoms with van der Waals surface area (Å²) in [5.74, 6) is -2.28. The molecule has 1 aromatic rings. The lowest BCUT2D eigenvalue weighted by Gasteiger charge is -2.18. The fraction of sp³-hybridized carbons (Fsp3) is 0.526. The second-order valence-corrected chi connectivity index (χ2v) is 5.69. The van der Waals surface area contributed by atoms with E-state index in [1.807, 2.05) is 27.7 Å². The monoisotopic (exact) mass is 393 g/mol. The number of rotatable bonds is 10. The first-order valence-corrected chi connectivity index (χ1v) is 9.24. The van der Waals surface area contributed by atoms with Crippen molar-refractivity contribution in [1.29, 1.82) is 0 Å². The zero-order valence-electron chi connectivity index (χ0n) is 16.8. The van der Waals surface area contributed by atoms with Crippen molar-refractivity contribution in [1.82, 2.24) is 14.8 Å². The van der Waals surface area contributed by atoms with Crippen LogP contribution in [0.15, 0.2) is 18.2 Å². The lowest BCUT2D eigenvalue weighted by Crippen LogP contribution is -2.34. The van der Waals surface area contributed by atoms with Gasteiger partial charge in [-0.15, -0.1) is 0 Å². The minimum Gasteiger partial charge on any atom is -0.451 e. The number of pyridine rings is 1. The first kappa shape index (κ1) is 23.1. The van der Waals surface area contributed by atoms with Crippen molar-refractivity contribution >= 4 is 23.8 Å². The number of aromatic nitrogens is 1. The van der Waals surface area contributed by atoms with Gasteiger partial charge in [-0.1, -0.05) is 6.07 Å². The smallest absolute Gasteiger partial charge is 0.357 e. The van der Waals surface area contributed by atoms with Gasteiger partial charge in [0.15, 0.2) is 13.2 Å². The van der Waals surface area contributed by atoms with Gasteiger partial charge in [-0.3, -0.25) is 9.59 Å². The Hall–Kier alpha value is -2.97. The summed E-state index contributed by atoms with van der Waals surface area (Å²) >= 11 is 0. The third kappa shape index (κ3) is 6.64. The standard InChI is InChI=1S/C19H27N3O6/c1-5-21(6-2)16(23)12-27-18(25)14-10-9-11-15(20-14)19(26)28-13-17(24)22(7-3)8-4/h9-11H,5-8,12-13H2,1-4H3. The summed E-state index contributed by atoms with van der Waals surface area (Å²) in [6, 6.07) is 4.17. The SMILES string of the molecule is CCN(CC)C(=O)COC(=O)c1cccc(C(=O)OCC(=O)N(CC)CC)n1. The predicted molar refractivity (Wildman–Crippen MR) is 101 cm³/mol. The molecule has 0 atom stereocenters. The second kappa shape index (κ2) is 11.7. The van der Waals surface area contributed by atoms with Crippen molar-refractivity contribution in [2.75, 3.05) is 39.4 Å². The van der Waals surface area contributed by atoms with Crippen LogP contribution < -0.4 is 0 Å². The van der Waals surface area contributed by atoms with Gasteiger partial charge in [0.05, 0.1) is 0 Å². The van der Waals surface area contributed by atoms with E-state index in [2.05, 4.69) is 4.98 Å². The Balaban J connectivity index is 2.67. The van der Waals surface area contributed by atoms with E-state index < -0.39 is 25.2 Å². The molecule has 2 amide bonds. The molecule has 1 aromatic heterocycles. The molecule has 0 spiro atoms. The highest BCUT2D eigenvalue weighted by molar-refractivity contribution is 5.93. The Bertz CT molecular complexity index is 643. The summed E-state index contributed by atoms with van der Waals surface area (Å²) in [5.41, 5.74) is -0.256. The molecule has 9 nitrogen and oxygen atoms in total. The Kier molecular flexibility index (Phi) is 9.63. The summed E-state index contributed by atoms with van der Waals surface area (Å²) < 4.78 is 9.92. The van der Waals surface area contributed by atoms with Crippen LogP contribution in [-0.2, 0) is 19.1 Å². The number of carbonyl (C=O) groups is 4. The van der Waals surface area contributed by atoms with Crippen LogP contribution in [0.3, 0.4) is 0 Å². The van der Waals surface area contributed by atoms with Gasteiger partial charge in [0.2, 0.25) is 0 Å². The minimum absolute atomic E-state index is 0.128. The molecular formula is C19H27N3O6. The highest BCUT2D eigenvalue weighted by atomic mass is 16.5. The molecule has 28 heavy (non-hydrogen) atoms. The molecule has 0 fully saturated rings. The molecule has 0 unspecified atom stereocenters.